The summed E-state index contributed by atoms with van der Waals surface area (Å²) in [5.74, 6) is 0. The molecule has 0 bridgehead atoms. The maximum Gasteiger partial charge on any atom is 0.255 e. The van der Waals surface area contributed by atoms with Gasteiger partial charge in [-0.3, -0.25) is 4.79 Å². The number of hydrogen-bond donors (Lipinski definition) is 1. The molecule has 5 nitrogen and oxygen atoms in total. The fourth-order valence-electron chi connectivity index (χ4n) is 1.71. The summed E-state index contributed by atoms with van der Waals surface area (Å²) in [4.78, 5) is 12.0. The van der Waals surface area contributed by atoms with Crippen LogP contribution in [0.1, 0.15) is 17.7 Å². The molecule has 0 aliphatic heterocycles. The van der Waals surface area contributed by atoms with Crippen LogP contribution in [0.2, 0.25) is 0 Å². The van der Waals surface area contributed by atoms with Gasteiger partial charge in [-0.15, -0.1) is 0 Å². The van der Waals surface area contributed by atoms with Gasteiger partial charge in [0.25, 0.3) is 5.56 Å². The first-order chi connectivity index (χ1) is 8.70. The van der Waals surface area contributed by atoms with Crippen LogP contribution in [0, 0.1) is 6.92 Å². The Morgan fingerprint density at radius 2 is 2.06 bits per heavy atom. The minimum absolute atomic E-state index is 0.0157. The molecule has 2 N–H and O–H groups in total. The monoisotopic (exact) mass is 254 g/mol. The number of aryl methyl sites for hydroxylation is 1. The second kappa shape index (κ2) is 8.02. The number of methoxy groups -OCH3 is 1. The molecular weight excluding hydrogens is 232 g/mol. The Labute approximate surface area is 108 Å². The zero-order valence-corrected chi connectivity index (χ0v) is 11.1. The molecular formula is C13H22N2O3. The highest BCUT2D eigenvalue weighted by Gasteiger charge is 2.04. The normalized spacial score (nSPS) is 10.8. The van der Waals surface area contributed by atoms with Crippen LogP contribution >= 0.6 is 0 Å². The molecule has 0 radical (unpaired) electrons. The minimum Gasteiger partial charge on any atom is -0.385 e. The lowest BCUT2D eigenvalue weighted by Gasteiger charge is -2.11. The van der Waals surface area contributed by atoms with Gasteiger partial charge in [0.15, 0.2) is 0 Å². The fourth-order valence-corrected chi connectivity index (χ4v) is 1.71. The predicted molar refractivity (Wildman–Crippen MR) is 70.6 cm³/mol. The van der Waals surface area contributed by atoms with Gasteiger partial charge in [0.1, 0.15) is 0 Å². The highest BCUT2D eigenvalue weighted by molar-refractivity contribution is 5.15. The van der Waals surface area contributed by atoms with Gasteiger partial charge in [0.2, 0.25) is 0 Å². The van der Waals surface area contributed by atoms with Gasteiger partial charge in [-0.25, -0.2) is 0 Å². The molecule has 18 heavy (non-hydrogen) atoms. The Kier molecular flexibility index (Phi) is 6.64. The molecule has 0 amide bonds. The van der Waals surface area contributed by atoms with Gasteiger partial charge in [-0.1, -0.05) is 6.07 Å². The second-order valence-corrected chi connectivity index (χ2v) is 4.12. The SMILES string of the molecule is COCCCOCCn1c(C)ccc(CN)c1=O. The molecule has 102 valence electrons. The van der Waals surface area contributed by atoms with Crippen molar-refractivity contribution in [3.8, 4) is 0 Å². The molecule has 0 atom stereocenters. The lowest BCUT2D eigenvalue weighted by Crippen LogP contribution is -2.28. The van der Waals surface area contributed by atoms with Gasteiger partial charge in [0.05, 0.1) is 6.61 Å². The summed E-state index contributed by atoms with van der Waals surface area (Å²) >= 11 is 0. The number of pyridine rings is 1. The molecule has 1 heterocycles. The Bertz CT molecular complexity index is 415. The van der Waals surface area contributed by atoms with E-state index in [2.05, 4.69) is 0 Å². The maximum atomic E-state index is 12.0. The van der Waals surface area contributed by atoms with Crippen LogP contribution in [-0.2, 0) is 22.6 Å². The molecule has 0 aliphatic carbocycles. The summed E-state index contributed by atoms with van der Waals surface area (Å²) in [6.45, 7) is 4.62. The van der Waals surface area contributed by atoms with Crippen LogP contribution in [0.3, 0.4) is 0 Å². The summed E-state index contributed by atoms with van der Waals surface area (Å²) < 4.78 is 12.1. The van der Waals surface area contributed by atoms with E-state index < -0.39 is 0 Å². The Hall–Kier alpha value is -1.17. The summed E-state index contributed by atoms with van der Waals surface area (Å²) in [6.07, 6.45) is 0.868. The number of rotatable bonds is 8. The van der Waals surface area contributed by atoms with Crippen LogP contribution in [0.15, 0.2) is 16.9 Å². The van der Waals surface area contributed by atoms with E-state index in [0.29, 0.717) is 31.9 Å². The molecule has 5 heteroatoms. The highest BCUT2D eigenvalue weighted by atomic mass is 16.5. The Morgan fingerprint density at radius 1 is 1.28 bits per heavy atom. The van der Waals surface area contributed by atoms with Gasteiger partial charge >= 0.3 is 0 Å². The van der Waals surface area contributed by atoms with E-state index >= 15 is 0 Å². The number of ether oxygens (including phenoxy) is 2. The molecule has 0 fully saturated rings. The van der Waals surface area contributed by atoms with Crippen molar-refractivity contribution < 1.29 is 9.47 Å². The van der Waals surface area contributed by atoms with Crippen molar-refractivity contribution in [2.75, 3.05) is 26.9 Å². The van der Waals surface area contributed by atoms with Crippen LogP contribution in [0.4, 0.5) is 0 Å². The first kappa shape index (κ1) is 14.9. The van der Waals surface area contributed by atoms with Gasteiger partial charge in [-0.05, 0) is 19.4 Å². The third-order valence-electron chi connectivity index (χ3n) is 2.79. The van der Waals surface area contributed by atoms with E-state index in [1.165, 1.54) is 0 Å². The lowest BCUT2D eigenvalue weighted by atomic mass is 10.2. The predicted octanol–water partition coefficient (Wildman–Crippen LogP) is 0.669. The van der Waals surface area contributed by atoms with E-state index in [4.69, 9.17) is 15.2 Å². The highest BCUT2D eigenvalue weighted by Crippen LogP contribution is 1.98. The minimum atomic E-state index is -0.0157. The topological polar surface area (TPSA) is 66.5 Å². The molecule has 0 aromatic carbocycles. The standard InChI is InChI=1S/C13H22N2O3/c1-11-4-5-12(10-14)13(16)15(11)6-9-18-8-3-7-17-2/h4-5H,3,6-10,14H2,1-2H3. The van der Waals surface area contributed by atoms with Crippen LogP contribution in [0.25, 0.3) is 0 Å². The van der Waals surface area contributed by atoms with Crippen molar-refractivity contribution in [1.29, 1.82) is 0 Å². The molecule has 0 spiro atoms. The van der Waals surface area contributed by atoms with E-state index in [0.717, 1.165) is 12.1 Å². The average Bonchev–Trinajstić information content (AvgIpc) is 2.37. The van der Waals surface area contributed by atoms with Gasteiger partial charge in [0, 0.05) is 44.7 Å². The largest absolute Gasteiger partial charge is 0.385 e. The number of aromatic nitrogens is 1. The second-order valence-electron chi connectivity index (χ2n) is 4.12. The van der Waals surface area contributed by atoms with Gasteiger partial charge < -0.3 is 19.8 Å². The van der Waals surface area contributed by atoms with E-state index in [1.54, 1.807) is 17.7 Å². The number of nitrogens with two attached hydrogens (primary N) is 1. The first-order valence-corrected chi connectivity index (χ1v) is 6.16. The summed E-state index contributed by atoms with van der Waals surface area (Å²) in [5, 5.41) is 0. The van der Waals surface area contributed by atoms with Crippen molar-refractivity contribution in [2.24, 2.45) is 5.73 Å². The van der Waals surface area contributed by atoms with Crippen LogP contribution < -0.4 is 11.3 Å². The van der Waals surface area contributed by atoms with E-state index in [1.807, 2.05) is 13.0 Å². The molecule has 0 saturated heterocycles. The van der Waals surface area contributed by atoms with Crippen LogP contribution in [-0.4, -0.2) is 31.5 Å². The first-order valence-electron chi connectivity index (χ1n) is 6.16. The average molecular weight is 254 g/mol. The van der Waals surface area contributed by atoms with Crippen molar-refractivity contribution in [3.63, 3.8) is 0 Å². The third-order valence-corrected chi connectivity index (χ3v) is 2.79. The molecule has 0 aliphatic rings. The maximum absolute atomic E-state index is 12.0. The smallest absolute Gasteiger partial charge is 0.255 e. The third kappa shape index (κ3) is 4.25. The number of hydrogen-bond acceptors (Lipinski definition) is 4. The van der Waals surface area contributed by atoms with Crippen molar-refractivity contribution >= 4 is 0 Å². The van der Waals surface area contributed by atoms with Crippen molar-refractivity contribution in [3.05, 3.63) is 33.7 Å². The Balaban J connectivity index is 2.49. The molecule has 1 aromatic heterocycles. The van der Waals surface area contributed by atoms with Crippen LogP contribution in [0.5, 0.6) is 0 Å². The lowest BCUT2D eigenvalue weighted by molar-refractivity contribution is 0.0969. The summed E-state index contributed by atoms with van der Waals surface area (Å²) in [6, 6.07) is 3.70. The molecule has 0 unspecified atom stereocenters. The Morgan fingerprint density at radius 3 is 2.72 bits per heavy atom. The fraction of sp³-hybridized carbons (Fsp3) is 0.615. The zero-order chi connectivity index (χ0) is 13.4. The van der Waals surface area contributed by atoms with E-state index in [9.17, 15) is 4.79 Å². The number of nitrogens with zero attached hydrogens (tertiary/aromatic N) is 1. The quantitative estimate of drug-likeness (QED) is 0.692. The summed E-state index contributed by atoms with van der Waals surface area (Å²) in [7, 11) is 1.67. The van der Waals surface area contributed by atoms with Crippen molar-refractivity contribution in [2.45, 2.75) is 26.4 Å². The summed E-state index contributed by atoms with van der Waals surface area (Å²) in [5.41, 5.74) is 7.07. The van der Waals surface area contributed by atoms with Gasteiger partial charge in [-0.2, -0.15) is 0 Å². The van der Waals surface area contributed by atoms with E-state index in [-0.39, 0.29) is 12.1 Å². The molecule has 1 rings (SSSR count). The molecule has 1 aromatic rings. The van der Waals surface area contributed by atoms with Crippen molar-refractivity contribution in [1.82, 2.24) is 4.57 Å². The zero-order valence-electron chi connectivity index (χ0n) is 11.1. The molecule has 0 saturated carbocycles.